The molecule has 0 spiro atoms. The van der Waals surface area contributed by atoms with Gasteiger partial charge in [0.15, 0.2) is 0 Å². The summed E-state index contributed by atoms with van der Waals surface area (Å²) < 4.78 is 0. The Hall–Kier alpha value is -2.86. The number of hydrogen-bond donors (Lipinski definition) is 1. The first-order valence-corrected chi connectivity index (χ1v) is 12.4. The molecule has 33 heavy (non-hydrogen) atoms. The standard InChI is InChI=1S/C27H34N4O2/c1-2-12-29-14-16-30(17-15-29)27(33)24-10-9-23(28-26(32)21-7-8-21)18-25(24)31-13-11-20-5-3-4-6-22(20)19-31/h3-6,9-10,18,21H,2,7-8,11-17,19H2,1H3,(H,28,32). The Kier molecular flexibility index (Phi) is 6.36. The van der Waals surface area contributed by atoms with Crippen LogP contribution in [-0.4, -0.2) is 60.9 Å². The van der Waals surface area contributed by atoms with E-state index in [0.29, 0.717) is 0 Å². The Morgan fingerprint density at radius 2 is 1.73 bits per heavy atom. The summed E-state index contributed by atoms with van der Waals surface area (Å²) in [6.07, 6.45) is 4.05. The number of fused-ring (bicyclic) bond motifs is 1. The lowest BCUT2D eigenvalue weighted by atomic mass is 9.98. The Labute approximate surface area is 196 Å². The lowest BCUT2D eigenvalue weighted by molar-refractivity contribution is -0.117. The van der Waals surface area contributed by atoms with Crippen LogP contribution < -0.4 is 10.2 Å². The largest absolute Gasteiger partial charge is 0.366 e. The maximum Gasteiger partial charge on any atom is 0.256 e. The van der Waals surface area contributed by atoms with Crippen LogP contribution in [0, 0.1) is 5.92 Å². The van der Waals surface area contributed by atoms with Crippen molar-refractivity contribution < 1.29 is 9.59 Å². The Balaban J connectivity index is 1.40. The van der Waals surface area contributed by atoms with Crippen molar-refractivity contribution in [2.45, 2.75) is 39.2 Å². The highest BCUT2D eigenvalue weighted by molar-refractivity contribution is 6.02. The molecule has 0 bridgehead atoms. The Bertz CT molecular complexity index is 1020. The number of benzene rings is 2. The van der Waals surface area contributed by atoms with Crippen molar-refractivity contribution >= 4 is 23.2 Å². The molecule has 1 aliphatic carbocycles. The molecule has 3 aliphatic rings. The number of carbonyl (C=O) groups excluding carboxylic acids is 2. The third kappa shape index (κ3) is 4.91. The van der Waals surface area contributed by atoms with Crippen LogP contribution in [0.4, 0.5) is 11.4 Å². The molecule has 174 valence electrons. The molecule has 1 N–H and O–H groups in total. The van der Waals surface area contributed by atoms with Gasteiger partial charge in [-0.1, -0.05) is 31.2 Å². The van der Waals surface area contributed by atoms with Crippen LogP contribution in [-0.2, 0) is 17.8 Å². The molecule has 2 aliphatic heterocycles. The average molecular weight is 447 g/mol. The molecule has 0 unspecified atom stereocenters. The summed E-state index contributed by atoms with van der Waals surface area (Å²) in [6.45, 7) is 8.33. The smallest absolute Gasteiger partial charge is 0.256 e. The second-order valence-electron chi connectivity index (χ2n) is 9.57. The molecule has 2 aromatic carbocycles. The van der Waals surface area contributed by atoms with Gasteiger partial charge in [-0.3, -0.25) is 14.5 Å². The molecule has 2 fully saturated rings. The minimum Gasteiger partial charge on any atom is -0.366 e. The van der Waals surface area contributed by atoms with E-state index < -0.39 is 0 Å². The third-order valence-corrected chi connectivity index (χ3v) is 7.11. The number of nitrogens with one attached hydrogen (secondary N) is 1. The quantitative estimate of drug-likeness (QED) is 0.734. The van der Waals surface area contributed by atoms with Crippen LogP contribution in [0.15, 0.2) is 42.5 Å². The molecule has 0 radical (unpaired) electrons. The number of piperazine rings is 1. The van der Waals surface area contributed by atoms with Crippen molar-refractivity contribution in [2.24, 2.45) is 5.92 Å². The summed E-state index contributed by atoms with van der Waals surface area (Å²) >= 11 is 0. The fraction of sp³-hybridized carbons (Fsp3) is 0.481. The number of nitrogens with zero attached hydrogens (tertiary/aromatic N) is 3. The highest BCUT2D eigenvalue weighted by Gasteiger charge is 2.31. The van der Waals surface area contributed by atoms with Gasteiger partial charge in [-0.2, -0.15) is 0 Å². The fourth-order valence-electron chi connectivity index (χ4n) is 5.00. The van der Waals surface area contributed by atoms with Crippen LogP contribution in [0.2, 0.25) is 0 Å². The van der Waals surface area contributed by atoms with Gasteiger partial charge in [0.1, 0.15) is 0 Å². The van der Waals surface area contributed by atoms with Crippen molar-refractivity contribution in [1.29, 1.82) is 0 Å². The summed E-state index contributed by atoms with van der Waals surface area (Å²) in [4.78, 5) is 32.7. The third-order valence-electron chi connectivity index (χ3n) is 7.11. The number of amides is 2. The van der Waals surface area contributed by atoms with Crippen molar-refractivity contribution in [2.75, 3.05) is 49.5 Å². The van der Waals surface area contributed by atoms with E-state index in [1.807, 2.05) is 23.1 Å². The molecule has 5 rings (SSSR count). The van der Waals surface area contributed by atoms with Gasteiger partial charge in [-0.25, -0.2) is 0 Å². The lowest BCUT2D eigenvalue weighted by Gasteiger charge is -2.36. The van der Waals surface area contributed by atoms with E-state index in [0.717, 1.165) is 88.4 Å². The molecule has 1 saturated carbocycles. The van der Waals surface area contributed by atoms with E-state index in [9.17, 15) is 9.59 Å². The first-order chi connectivity index (χ1) is 16.1. The summed E-state index contributed by atoms with van der Waals surface area (Å²) in [6, 6.07) is 14.4. The number of anilines is 2. The summed E-state index contributed by atoms with van der Waals surface area (Å²) in [5.74, 6) is 0.340. The van der Waals surface area contributed by atoms with Crippen molar-refractivity contribution in [3.8, 4) is 0 Å². The van der Waals surface area contributed by atoms with Crippen LogP contribution in [0.5, 0.6) is 0 Å². The second-order valence-corrected chi connectivity index (χ2v) is 9.57. The number of hydrogen-bond acceptors (Lipinski definition) is 4. The van der Waals surface area contributed by atoms with Crippen molar-refractivity contribution in [1.82, 2.24) is 9.80 Å². The minimum atomic E-state index is 0.0936. The second kappa shape index (κ2) is 9.56. The van der Waals surface area contributed by atoms with Gasteiger partial charge >= 0.3 is 0 Å². The van der Waals surface area contributed by atoms with E-state index in [2.05, 4.69) is 46.3 Å². The topological polar surface area (TPSA) is 55.9 Å². The summed E-state index contributed by atoms with van der Waals surface area (Å²) in [5, 5.41) is 3.07. The van der Waals surface area contributed by atoms with Crippen LogP contribution in [0.25, 0.3) is 0 Å². The molecule has 2 amide bonds. The van der Waals surface area contributed by atoms with Gasteiger partial charge in [0.2, 0.25) is 5.91 Å². The zero-order valence-corrected chi connectivity index (χ0v) is 19.6. The molecule has 2 heterocycles. The first-order valence-electron chi connectivity index (χ1n) is 12.4. The Morgan fingerprint density at radius 1 is 0.970 bits per heavy atom. The molecular formula is C27H34N4O2. The van der Waals surface area contributed by atoms with Gasteiger partial charge < -0.3 is 15.1 Å². The molecule has 2 aromatic rings. The number of rotatable bonds is 6. The molecular weight excluding hydrogens is 412 g/mol. The van der Waals surface area contributed by atoms with Crippen molar-refractivity contribution in [3.63, 3.8) is 0 Å². The van der Waals surface area contributed by atoms with Crippen molar-refractivity contribution in [3.05, 3.63) is 59.2 Å². The van der Waals surface area contributed by atoms with Crippen LogP contribution in [0.1, 0.15) is 47.7 Å². The highest BCUT2D eigenvalue weighted by Crippen LogP contribution is 2.33. The zero-order valence-electron chi connectivity index (χ0n) is 19.6. The first kappa shape index (κ1) is 22.0. The summed E-state index contributed by atoms with van der Waals surface area (Å²) in [7, 11) is 0. The predicted octanol–water partition coefficient (Wildman–Crippen LogP) is 3.77. The SMILES string of the molecule is CCCN1CCN(C(=O)c2ccc(NC(=O)C3CC3)cc2N2CCc3ccccc3C2)CC1. The van der Waals surface area contributed by atoms with Gasteiger partial charge in [0, 0.05) is 50.9 Å². The highest BCUT2D eigenvalue weighted by atomic mass is 16.2. The van der Waals surface area contributed by atoms with Gasteiger partial charge in [-0.15, -0.1) is 0 Å². The van der Waals surface area contributed by atoms with E-state index in [1.165, 1.54) is 11.1 Å². The number of carbonyl (C=O) groups is 2. The van der Waals surface area contributed by atoms with Gasteiger partial charge in [0.05, 0.1) is 11.3 Å². The molecule has 6 heteroatoms. The van der Waals surface area contributed by atoms with E-state index >= 15 is 0 Å². The van der Waals surface area contributed by atoms with E-state index in [-0.39, 0.29) is 17.7 Å². The average Bonchev–Trinajstić information content (AvgIpc) is 3.70. The maximum absolute atomic E-state index is 13.6. The minimum absolute atomic E-state index is 0.0936. The monoisotopic (exact) mass is 446 g/mol. The van der Waals surface area contributed by atoms with E-state index in [1.54, 1.807) is 0 Å². The molecule has 0 atom stereocenters. The Morgan fingerprint density at radius 3 is 2.45 bits per heavy atom. The van der Waals surface area contributed by atoms with Gasteiger partial charge in [-0.05, 0) is 61.6 Å². The summed E-state index contributed by atoms with van der Waals surface area (Å²) in [5.41, 5.74) is 5.14. The maximum atomic E-state index is 13.6. The van der Waals surface area contributed by atoms with Crippen LogP contribution in [0.3, 0.4) is 0 Å². The van der Waals surface area contributed by atoms with Gasteiger partial charge in [0.25, 0.3) is 5.91 Å². The molecule has 0 aromatic heterocycles. The molecule has 1 saturated heterocycles. The molecule has 6 nitrogen and oxygen atoms in total. The fourth-order valence-corrected chi connectivity index (χ4v) is 5.00. The van der Waals surface area contributed by atoms with E-state index in [4.69, 9.17) is 0 Å². The lowest BCUT2D eigenvalue weighted by Crippen LogP contribution is -2.49. The zero-order chi connectivity index (χ0) is 22.8. The normalized spacial score (nSPS) is 18.7. The predicted molar refractivity (Wildman–Crippen MR) is 132 cm³/mol. The van der Waals surface area contributed by atoms with Crippen LogP contribution >= 0.6 is 0 Å².